The van der Waals surface area contributed by atoms with Crippen LogP contribution < -0.4 is 4.72 Å². The number of aliphatic carboxylic acids is 1. The number of hydrogen-bond donors (Lipinski definition) is 2. The van der Waals surface area contributed by atoms with Crippen molar-refractivity contribution in [2.45, 2.75) is 18.9 Å². The highest BCUT2D eigenvalue weighted by molar-refractivity contribution is 7.89. The lowest BCUT2D eigenvalue weighted by Gasteiger charge is -2.23. The van der Waals surface area contributed by atoms with Crippen LogP contribution in [0.25, 0.3) is 0 Å². The van der Waals surface area contributed by atoms with Crippen LogP contribution in [0, 0.1) is 5.92 Å². The van der Waals surface area contributed by atoms with Crippen molar-refractivity contribution in [2.24, 2.45) is 5.92 Å². The number of benzene rings is 1. The van der Waals surface area contributed by atoms with Gasteiger partial charge in [-0.05, 0) is 24.3 Å². The molecule has 1 aliphatic rings. The van der Waals surface area contributed by atoms with Crippen LogP contribution in [0.15, 0.2) is 30.3 Å². The van der Waals surface area contributed by atoms with Crippen LogP contribution in [0.1, 0.15) is 24.4 Å². The third kappa shape index (κ3) is 4.80. The van der Waals surface area contributed by atoms with Crippen molar-refractivity contribution in [3.05, 3.63) is 35.9 Å². The van der Waals surface area contributed by atoms with Crippen molar-refractivity contribution in [3.8, 4) is 0 Å². The molecule has 0 unspecified atom stereocenters. The minimum absolute atomic E-state index is 0.0152. The summed E-state index contributed by atoms with van der Waals surface area (Å²) in [4.78, 5) is 11.3. The minimum Gasteiger partial charge on any atom is -0.480 e. The molecule has 1 atom stereocenters. The number of rotatable bonds is 6. The molecule has 6 nitrogen and oxygen atoms in total. The number of ether oxygens (including phenoxy) is 1. The quantitative estimate of drug-likeness (QED) is 0.822. The zero-order valence-electron chi connectivity index (χ0n) is 11.6. The topological polar surface area (TPSA) is 92.7 Å². The van der Waals surface area contributed by atoms with Crippen LogP contribution in [0.3, 0.4) is 0 Å². The maximum Gasteiger partial charge on any atom is 0.326 e. The van der Waals surface area contributed by atoms with Crippen molar-refractivity contribution in [1.29, 1.82) is 0 Å². The first-order chi connectivity index (χ1) is 9.98. The first kappa shape index (κ1) is 15.9. The Balaban J connectivity index is 2.07. The Morgan fingerprint density at radius 3 is 2.48 bits per heavy atom. The molecule has 2 rings (SSSR count). The minimum atomic E-state index is -3.66. The van der Waals surface area contributed by atoms with E-state index in [2.05, 4.69) is 4.72 Å². The Labute approximate surface area is 124 Å². The molecule has 116 valence electrons. The molecule has 0 spiro atoms. The SMILES string of the molecule is O=C(O)[C@@H](NS(=O)(=O)CC1CCOCC1)c1ccccc1. The van der Waals surface area contributed by atoms with Gasteiger partial charge in [0.1, 0.15) is 6.04 Å². The molecule has 2 N–H and O–H groups in total. The summed E-state index contributed by atoms with van der Waals surface area (Å²) in [6.07, 6.45) is 1.37. The Morgan fingerprint density at radius 1 is 1.29 bits per heavy atom. The maximum absolute atomic E-state index is 12.2. The fourth-order valence-electron chi connectivity index (χ4n) is 2.36. The van der Waals surface area contributed by atoms with E-state index in [1.54, 1.807) is 30.3 Å². The fourth-order valence-corrected chi connectivity index (χ4v) is 4.00. The van der Waals surface area contributed by atoms with E-state index in [1.165, 1.54) is 0 Å². The van der Waals surface area contributed by atoms with Gasteiger partial charge in [0.05, 0.1) is 5.75 Å². The molecule has 1 fully saturated rings. The van der Waals surface area contributed by atoms with Crippen LogP contribution in [-0.2, 0) is 19.6 Å². The molecule has 1 saturated heterocycles. The zero-order chi connectivity index (χ0) is 15.3. The van der Waals surface area contributed by atoms with E-state index < -0.39 is 22.0 Å². The highest BCUT2D eigenvalue weighted by atomic mass is 32.2. The van der Waals surface area contributed by atoms with Gasteiger partial charge in [-0.25, -0.2) is 8.42 Å². The van der Waals surface area contributed by atoms with Gasteiger partial charge in [-0.3, -0.25) is 4.79 Å². The summed E-state index contributed by atoms with van der Waals surface area (Å²) in [5, 5.41) is 9.25. The normalized spacial score (nSPS) is 18.3. The summed E-state index contributed by atoms with van der Waals surface area (Å²) in [6, 6.07) is 7.04. The van der Waals surface area contributed by atoms with Gasteiger partial charge in [-0.1, -0.05) is 30.3 Å². The van der Waals surface area contributed by atoms with E-state index in [0.29, 0.717) is 31.6 Å². The first-order valence-corrected chi connectivity index (χ1v) is 8.48. The predicted molar refractivity (Wildman–Crippen MR) is 77.3 cm³/mol. The Kier molecular flexibility index (Phi) is 5.33. The smallest absolute Gasteiger partial charge is 0.326 e. The second-order valence-corrected chi connectivity index (χ2v) is 6.94. The van der Waals surface area contributed by atoms with Crippen molar-refractivity contribution in [1.82, 2.24) is 4.72 Å². The molecule has 0 radical (unpaired) electrons. The van der Waals surface area contributed by atoms with Crippen LogP contribution in [0.2, 0.25) is 0 Å². The van der Waals surface area contributed by atoms with E-state index >= 15 is 0 Å². The molecule has 1 aromatic rings. The van der Waals surface area contributed by atoms with Crippen molar-refractivity contribution in [2.75, 3.05) is 19.0 Å². The summed E-state index contributed by atoms with van der Waals surface area (Å²) in [6.45, 7) is 1.11. The van der Waals surface area contributed by atoms with E-state index in [4.69, 9.17) is 4.74 Å². The molecule has 0 aliphatic carbocycles. The summed E-state index contributed by atoms with van der Waals surface area (Å²) in [5.41, 5.74) is 0.417. The molecular formula is C14H19NO5S. The van der Waals surface area contributed by atoms with E-state index in [0.717, 1.165) is 0 Å². The second-order valence-electron chi connectivity index (χ2n) is 5.14. The van der Waals surface area contributed by atoms with Gasteiger partial charge in [0.2, 0.25) is 10.0 Å². The van der Waals surface area contributed by atoms with Gasteiger partial charge in [-0.15, -0.1) is 0 Å². The Bertz CT molecular complexity index is 566. The number of carboxylic acids is 1. The molecule has 0 aromatic heterocycles. The summed E-state index contributed by atoms with van der Waals surface area (Å²) in [7, 11) is -3.66. The molecule has 0 amide bonds. The van der Waals surface area contributed by atoms with Gasteiger partial charge in [0.15, 0.2) is 0 Å². The second kappa shape index (κ2) is 7.02. The standard InChI is InChI=1S/C14H19NO5S/c16-14(17)13(12-4-2-1-3-5-12)15-21(18,19)10-11-6-8-20-9-7-11/h1-5,11,13,15H,6-10H2,(H,16,17)/t13-/m0/s1. The third-order valence-corrected chi connectivity index (χ3v) is 4.98. The van der Waals surface area contributed by atoms with Gasteiger partial charge in [-0.2, -0.15) is 4.72 Å². The summed E-state index contributed by atoms with van der Waals surface area (Å²) < 4.78 is 31.8. The number of carboxylic acid groups (broad SMARTS) is 1. The highest BCUT2D eigenvalue weighted by Gasteiger charge is 2.28. The fraction of sp³-hybridized carbons (Fsp3) is 0.500. The van der Waals surface area contributed by atoms with Crippen molar-refractivity contribution in [3.63, 3.8) is 0 Å². The average Bonchev–Trinajstić information content (AvgIpc) is 2.46. The number of nitrogens with one attached hydrogen (secondary N) is 1. The van der Waals surface area contributed by atoms with Crippen molar-refractivity contribution < 1.29 is 23.1 Å². The molecule has 1 heterocycles. The van der Waals surface area contributed by atoms with Gasteiger partial charge < -0.3 is 9.84 Å². The number of sulfonamides is 1. The molecule has 0 saturated carbocycles. The number of carbonyl (C=O) groups is 1. The van der Waals surface area contributed by atoms with Gasteiger partial charge in [0, 0.05) is 13.2 Å². The van der Waals surface area contributed by atoms with Gasteiger partial charge in [0.25, 0.3) is 0 Å². The summed E-state index contributed by atoms with van der Waals surface area (Å²) in [5.74, 6) is -1.26. The average molecular weight is 313 g/mol. The van der Waals surface area contributed by atoms with Crippen LogP contribution in [-0.4, -0.2) is 38.5 Å². The third-order valence-electron chi connectivity index (χ3n) is 3.47. The van der Waals surface area contributed by atoms with E-state index in [1.807, 2.05) is 0 Å². The lowest BCUT2D eigenvalue weighted by Crippen LogP contribution is -2.37. The zero-order valence-corrected chi connectivity index (χ0v) is 12.4. The Morgan fingerprint density at radius 2 is 1.90 bits per heavy atom. The van der Waals surface area contributed by atoms with Gasteiger partial charge >= 0.3 is 5.97 Å². The van der Waals surface area contributed by atoms with E-state index in [9.17, 15) is 18.3 Å². The molecule has 1 aromatic carbocycles. The summed E-state index contributed by atoms with van der Waals surface area (Å²) >= 11 is 0. The molecule has 0 bridgehead atoms. The molecule has 1 aliphatic heterocycles. The number of hydrogen-bond acceptors (Lipinski definition) is 4. The molecule has 21 heavy (non-hydrogen) atoms. The van der Waals surface area contributed by atoms with Crippen LogP contribution in [0.4, 0.5) is 0 Å². The Hall–Kier alpha value is -1.44. The lowest BCUT2D eigenvalue weighted by molar-refractivity contribution is -0.139. The lowest BCUT2D eigenvalue weighted by atomic mass is 10.0. The van der Waals surface area contributed by atoms with Crippen LogP contribution in [0.5, 0.6) is 0 Å². The largest absolute Gasteiger partial charge is 0.480 e. The highest BCUT2D eigenvalue weighted by Crippen LogP contribution is 2.19. The van der Waals surface area contributed by atoms with E-state index in [-0.39, 0.29) is 11.7 Å². The van der Waals surface area contributed by atoms with Crippen LogP contribution >= 0.6 is 0 Å². The first-order valence-electron chi connectivity index (χ1n) is 6.83. The predicted octanol–water partition coefficient (Wildman–Crippen LogP) is 1.16. The van der Waals surface area contributed by atoms with Crippen molar-refractivity contribution >= 4 is 16.0 Å². The molecule has 7 heteroatoms. The monoisotopic (exact) mass is 313 g/mol. The maximum atomic E-state index is 12.2. The molecular weight excluding hydrogens is 294 g/mol.